The molecule has 1 aromatic heterocycles. The summed E-state index contributed by atoms with van der Waals surface area (Å²) in [5, 5.41) is 4.28. The molecule has 0 saturated carbocycles. The fourth-order valence-corrected chi connectivity index (χ4v) is 3.05. The van der Waals surface area contributed by atoms with E-state index in [4.69, 9.17) is 0 Å². The molecule has 0 aliphatic heterocycles. The van der Waals surface area contributed by atoms with Gasteiger partial charge in [-0.2, -0.15) is 0 Å². The molecule has 0 aliphatic rings. The molecule has 5 nitrogen and oxygen atoms in total. The minimum absolute atomic E-state index is 0.155. The molecule has 0 saturated heterocycles. The first-order chi connectivity index (χ1) is 8.83. The van der Waals surface area contributed by atoms with E-state index in [1.165, 1.54) is 11.1 Å². The Bertz CT molecular complexity index is 485. The van der Waals surface area contributed by atoms with Gasteiger partial charge in [0.2, 0.25) is 0 Å². The molecule has 110 valence electrons. The minimum Gasteiger partial charge on any atom is -0.350 e. The Labute approximate surface area is 120 Å². The third-order valence-corrected chi connectivity index (χ3v) is 4.98. The van der Waals surface area contributed by atoms with E-state index in [-0.39, 0.29) is 11.8 Å². The molecule has 0 aromatic carbocycles. The molecule has 1 heterocycles. The third kappa shape index (κ3) is 5.88. The number of hydrogen-bond acceptors (Lipinski definition) is 6. The number of rotatable bonds is 8. The average molecular weight is 305 g/mol. The van der Waals surface area contributed by atoms with Gasteiger partial charge in [-0.15, -0.1) is 11.3 Å². The van der Waals surface area contributed by atoms with Crippen molar-refractivity contribution >= 4 is 26.3 Å². The molecule has 1 unspecified atom stereocenters. The Balaban J connectivity index is 2.58. The zero-order valence-electron chi connectivity index (χ0n) is 12.0. The van der Waals surface area contributed by atoms with Crippen LogP contribution in [0.25, 0.3) is 0 Å². The molecule has 0 radical (unpaired) electrons. The van der Waals surface area contributed by atoms with Gasteiger partial charge in [0, 0.05) is 37.0 Å². The second-order valence-electron chi connectivity index (χ2n) is 4.77. The van der Waals surface area contributed by atoms with E-state index < -0.39 is 9.84 Å². The van der Waals surface area contributed by atoms with Gasteiger partial charge in [-0.25, -0.2) is 13.4 Å². The molecule has 0 aliphatic carbocycles. The van der Waals surface area contributed by atoms with Crippen molar-refractivity contribution < 1.29 is 8.42 Å². The first kappa shape index (κ1) is 16.4. The highest BCUT2D eigenvalue weighted by Crippen LogP contribution is 2.26. The van der Waals surface area contributed by atoms with Crippen LogP contribution in [0.3, 0.4) is 0 Å². The van der Waals surface area contributed by atoms with Gasteiger partial charge in [-0.1, -0.05) is 6.92 Å². The van der Waals surface area contributed by atoms with Gasteiger partial charge in [0.05, 0.1) is 5.75 Å². The number of sulfone groups is 1. The SMILES string of the molecule is CCCNC(C)c1cnc(N(C)CCS(C)(=O)=O)s1. The van der Waals surface area contributed by atoms with Crippen LogP contribution in [-0.2, 0) is 9.84 Å². The topological polar surface area (TPSA) is 62.3 Å². The molecule has 1 N–H and O–H groups in total. The van der Waals surface area contributed by atoms with Gasteiger partial charge in [-0.05, 0) is 19.9 Å². The van der Waals surface area contributed by atoms with Gasteiger partial charge in [0.15, 0.2) is 5.13 Å². The van der Waals surface area contributed by atoms with E-state index in [1.807, 2.05) is 18.1 Å². The highest BCUT2D eigenvalue weighted by atomic mass is 32.2. The van der Waals surface area contributed by atoms with E-state index >= 15 is 0 Å². The Hall–Kier alpha value is -0.660. The summed E-state index contributed by atoms with van der Waals surface area (Å²) in [5.74, 6) is 0.155. The lowest BCUT2D eigenvalue weighted by atomic mass is 10.3. The fourth-order valence-electron chi connectivity index (χ4n) is 1.51. The Morgan fingerprint density at radius 1 is 1.53 bits per heavy atom. The summed E-state index contributed by atoms with van der Waals surface area (Å²) in [6, 6.07) is 0.287. The zero-order valence-corrected chi connectivity index (χ0v) is 13.6. The van der Waals surface area contributed by atoms with E-state index in [0.717, 1.165) is 18.1 Å². The molecular weight excluding hydrogens is 282 g/mol. The van der Waals surface area contributed by atoms with Crippen LogP contribution in [0.5, 0.6) is 0 Å². The molecule has 1 atom stereocenters. The quantitative estimate of drug-likeness (QED) is 0.792. The first-order valence-electron chi connectivity index (χ1n) is 6.41. The van der Waals surface area contributed by atoms with Crippen molar-refractivity contribution in [2.45, 2.75) is 26.3 Å². The molecule has 19 heavy (non-hydrogen) atoms. The van der Waals surface area contributed by atoms with E-state index in [0.29, 0.717) is 6.54 Å². The maximum atomic E-state index is 11.1. The maximum Gasteiger partial charge on any atom is 0.185 e. The largest absolute Gasteiger partial charge is 0.350 e. The maximum absolute atomic E-state index is 11.1. The predicted molar refractivity (Wildman–Crippen MR) is 81.8 cm³/mol. The van der Waals surface area contributed by atoms with Crippen LogP contribution in [0.2, 0.25) is 0 Å². The molecule has 0 spiro atoms. The normalized spacial score (nSPS) is 13.5. The summed E-state index contributed by atoms with van der Waals surface area (Å²) in [4.78, 5) is 7.42. The lowest BCUT2D eigenvalue weighted by Crippen LogP contribution is -2.24. The number of hydrogen-bond donors (Lipinski definition) is 1. The van der Waals surface area contributed by atoms with Gasteiger partial charge < -0.3 is 10.2 Å². The van der Waals surface area contributed by atoms with Crippen LogP contribution in [0.4, 0.5) is 5.13 Å². The average Bonchev–Trinajstić information content (AvgIpc) is 2.81. The van der Waals surface area contributed by atoms with Crippen molar-refractivity contribution in [1.82, 2.24) is 10.3 Å². The predicted octanol–water partition coefficient (Wildman–Crippen LogP) is 1.68. The molecule has 0 bridgehead atoms. The van der Waals surface area contributed by atoms with Crippen LogP contribution < -0.4 is 10.2 Å². The molecular formula is C12H23N3O2S2. The minimum atomic E-state index is -2.93. The van der Waals surface area contributed by atoms with E-state index in [1.54, 1.807) is 11.3 Å². The van der Waals surface area contributed by atoms with Crippen LogP contribution in [0.1, 0.15) is 31.2 Å². The summed E-state index contributed by atoms with van der Waals surface area (Å²) in [7, 11) is -1.05. The van der Waals surface area contributed by atoms with Crippen LogP contribution >= 0.6 is 11.3 Å². The second-order valence-corrected chi connectivity index (χ2v) is 8.07. The summed E-state index contributed by atoms with van der Waals surface area (Å²) in [5.41, 5.74) is 0. The van der Waals surface area contributed by atoms with Crippen LogP contribution in [-0.4, -0.2) is 45.5 Å². The molecule has 1 aromatic rings. The molecule has 0 fully saturated rings. The summed E-state index contributed by atoms with van der Waals surface area (Å²) in [6.07, 6.45) is 4.22. The van der Waals surface area contributed by atoms with Crippen molar-refractivity contribution in [3.05, 3.63) is 11.1 Å². The molecule has 7 heteroatoms. The number of aromatic nitrogens is 1. The van der Waals surface area contributed by atoms with Crippen molar-refractivity contribution in [3.8, 4) is 0 Å². The molecule has 1 rings (SSSR count). The van der Waals surface area contributed by atoms with E-state index in [9.17, 15) is 8.42 Å². The number of thiazole rings is 1. The van der Waals surface area contributed by atoms with Crippen molar-refractivity contribution in [1.29, 1.82) is 0 Å². The summed E-state index contributed by atoms with van der Waals surface area (Å²) in [6.45, 7) is 5.71. The number of nitrogens with one attached hydrogen (secondary N) is 1. The highest BCUT2D eigenvalue weighted by molar-refractivity contribution is 7.90. The molecule has 0 amide bonds. The highest BCUT2D eigenvalue weighted by Gasteiger charge is 2.13. The van der Waals surface area contributed by atoms with Gasteiger partial charge >= 0.3 is 0 Å². The Morgan fingerprint density at radius 2 is 2.21 bits per heavy atom. The standard InChI is InChI=1S/C12H23N3O2S2/c1-5-6-13-10(2)11-9-14-12(18-11)15(3)7-8-19(4,16)17/h9-10,13H,5-8H2,1-4H3. The van der Waals surface area contributed by atoms with Crippen LogP contribution in [0, 0.1) is 0 Å². The zero-order chi connectivity index (χ0) is 14.5. The van der Waals surface area contributed by atoms with Crippen molar-refractivity contribution in [2.24, 2.45) is 0 Å². The third-order valence-electron chi connectivity index (χ3n) is 2.76. The monoisotopic (exact) mass is 305 g/mol. The van der Waals surface area contributed by atoms with Gasteiger partial charge in [0.1, 0.15) is 9.84 Å². The summed E-state index contributed by atoms with van der Waals surface area (Å²) < 4.78 is 22.3. The second kappa shape index (κ2) is 7.21. The van der Waals surface area contributed by atoms with Gasteiger partial charge in [-0.3, -0.25) is 0 Å². The first-order valence-corrected chi connectivity index (χ1v) is 9.29. The van der Waals surface area contributed by atoms with Crippen molar-refractivity contribution in [3.63, 3.8) is 0 Å². The Kier molecular flexibility index (Phi) is 6.22. The summed E-state index contributed by atoms with van der Waals surface area (Å²) >= 11 is 1.61. The van der Waals surface area contributed by atoms with Crippen LogP contribution in [0.15, 0.2) is 6.20 Å². The fraction of sp³-hybridized carbons (Fsp3) is 0.750. The number of nitrogens with zero attached hydrogens (tertiary/aromatic N) is 2. The lowest BCUT2D eigenvalue weighted by molar-refractivity contribution is 0.577. The Morgan fingerprint density at radius 3 is 2.79 bits per heavy atom. The van der Waals surface area contributed by atoms with E-state index in [2.05, 4.69) is 24.1 Å². The smallest absolute Gasteiger partial charge is 0.185 e. The van der Waals surface area contributed by atoms with Crippen molar-refractivity contribution in [2.75, 3.05) is 37.0 Å². The number of anilines is 1. The van der Waals surface area contributed by atoms with Gasteiger partial charge in [0.25, 0.3) is 0 Å². The lowest BCUT2D eigenvalue weighted by Gasteiger charge is -2.15.